The molecule has 1 N–H and O–H groups in total. The van der Waals surface area contributed by atoms with E-state index in [-0.39, 0.29) is 10.8 Å². The van der Waals surface area contributed by atoms with Crippen molar-refractivity contribution >= 4 is 35.2 Å². The Bertz CT molecular complexity index is 1040. The molecule has 0 aliphatic heterocycles. The van der Waals surface area contributed by atoms with Crippen LogP contribution in [0.15, 0.2) is 41.1 Å². The molecule has 0 radical (unpaired) electrons. The molecule has 0 spiro atoms. The summed E-state index contributed by atoms with van der Waals surface area (Å²) in [6, 6.07) is 7.84. The number of allylic oxidation sites excluding steroid dienone is 1. The normalized spacial score (nSPS) is 36.7. The monoisotopic (exact) mass is 436 g/mol. The molecule has 5 heteroatoms. The fourth-order valence-corrected chi connectivity index (χ4v) is 7.50. The number of para-hydroxylation sites is 2. The van der Waals surface area contributed by atoms with Gasteiger partial charge in [0.15, 0.2) is 10.9 Å². The lowest BCUT2D eigenvalue weighted by Crippen LogP contribution is -2.50. The summed E-state index contributed by atoms with van der Waals surface area (Å²) in [5.41, 5.74) is 3.64. The fourth-order valence-electron chi connectivity index (χ4n) is 7.27. The van der Waals surface area contributed by atoms with Crippen LogP contribution in [-0.4, -0.2) is 21.5 Å². The number of aromatic nitrogens is 2. The average Bonchev–Trinajstić information content (AvgIpc) is 3.27. The predicted octanol–water partition coefficient (Wildman–Crippen LogP) is 5.94. The number of hydrogen-bond acceptors (Lipinski definition) is 4. The molecular weight excluding hydrogens is 404 g/mol. The Hall–Kier alpha value is -1.88. The molecule has 164 valence electrons. The van der Waals surface area contributed by atoms with Gasteiger partial charge in [0.25, 0.3) is 0 Å². The molecule has 2 aromatic rings. The Kier molecular flexibility index (Phi) is 5.16. The van der Waals surface area contributed by atoms with Gasteiger partial charge in [0.2, 0.25) is 0 Å². The average molecular weight is 437 g/mol. The summed E-state index contributed by atoms with van der Waals surface area (Å²) in [4.78, 5) is 31.3. The molecule has 6 rings (SSSR count). The van der Waals surface area contributed by atoms with Gasteiger partial charge in [0.1, 0.15) is 5.78 Å². The van der Waals surface area contributed by atoms with Gasteiger partial charge in [-0.05, 0) is 79.9 Å². The number of Topliss-reactive ketones (excluding diaryl/α,β-unsaturated/α-hetero) is 1. The zero-order valence-corrected chi connectivity index (χ0v) is 19.4. The third-order valence-corrected chi connectivity index (χ3v) is 9.26. The molecule has 0 saturated heterocycles. The van der Waals surface area contributed by atoms with Gasteiger partial charge in [0.05, 0.1) is 11.0 Å². The highest BCUT2D eigenvalue weighted by Gasteiger charge is 2.58. The Morgan fingerprint density at radius 1 is 0.968 bits per heavy atom. The number of aromatic amines is 1. The van der Waals surface area contributed by atoms with Crippen LogP contribution >= 0.6 is 12.6 Å². The number of nitrogens with one attached hydrogen (secondary N) is 1. The molecule has 31 heavy (non-hydrogen) atoms. The van der Waals surface area contributed by atoms with Gasteiger partial charge >= 0.3 is 0 Å². The van der Waals surface area contributed by atoms with Crippen molar-refractivity contribution in [2.24, 2.45) is 28.6 Å². The second-order valence-electron chi connectivity index (χ2n) is 10.5. The van der Waals surface area contributed by atoms with Crippen LogP contribution in [0.4, 0.5) is 0 Å². The first-order chi connectivity index (χ1) is 14.8. The van der Waals surface area contributed by atoms with Crippen molar-refractivity contribution < 1.29 is 9.59 Å². The van der Waals surface area contributed by atoms with Crippen LogP contribution in [0, 0.1) is 28.6 Å². The highest BCUT2D eigenvalue weighted by Crippen LogP contribution is 2.64. The van der Waals surface area contributed by atoms with Gasteiger partial charge in [-0.25, -0.2) is 4.98 Å². The Morgan fingerprint density at radius 3 is 2.55 bits per heavy atom. The molecule has 0 bridgehead atoms. The molecule has 4 aliphatic carbocycles. The van der Waals surface area contributed by atoms with Crippen molar-refractivity contribution in [3.05, 3.63) is 35.9 Å². The third kappa shape index (κ3) is 3.40. The molecule has 3 fully saturated rings. The van der Waals surface area contributed by atoms with E-state index in [0.717, 1.165) is 49.6 Å². The number of hydrogen-bond donors (Lipinski definition) is 2. The number of thiol groups is 1. The number of ketones is 2. The number of H-pyrrole nitrogens is 1. The molecule has 1 aromatic carbocycles. The molecular formula is C26H32N2O2S. The van der Waals surface area contributed by atoms with Gasteiger partial charge < -0.3 is 4.98 Å². The quantitative estimate of drug-likeness (QED) is 0.503. The summed E-state index contributed by atoms with van der Waals surface area (Å²) in [5.74, 6) is 2.88. The smallest absolute Gasteiger partial charge is 0.163 e. The van der Waals surface area contributed by atoms with Gasteiger partial charge in [0, 0.05) is 18.3 Å². The SMILES string of the molecule is C[C@]12CCC(=O)C=C1CC[C@@H]1[C@@H]2CC[C@]2(C)C(=O)CC[C@@H]12.Sc1nc2ccccc2[nH]1. The highest BCUT2D eigenvalue weighted by atomic mass is 32.1. The zero-order valence-electron chi connectivity index (χ0n) is 18.5. The van der Waals surface area contributed by atoms with Crippen LogP contribution in [0.25, 0.3) is 11.0 Å². The highest BCUT2D eigenvalue weighted by molar-refractivity contribution is 7.80. The first-order valence-electron chi connectivity index (χ1n) is 11.7. The zero-order chi connectivity index (χ0) is 21.8. The number of carbonyl (C=O) groups is 2. The van der Waals surface area contributed by atoms with E-state index in [1.807, 2.05) is 30.3 Å². The Morgan fingerprint density at radius 2 is 1.74 bits per heavy atom. The lowest BCUT2D eigenvalue weighted by atomic mass is 9.47. The topological polar surface area (TPSA) is 62.8 Å². The predicted molar refractivity (Wildman–Crippen MR) is 125 cm³/mol. The number of imidazole rings is 1. The van der Waals surface area contributed by atoms with Crippen LogP contribution in [0.2, 0.25) is 0 Å². The van der Waals surface area contributed by atoms with Crippen LogP contribution < -0.4 is 0 Å². The van der Waals surface area contributed by atoms with Gasteiger partial charge in [-0.15, -0.1) is 12.6 Å². The van der Waals surface area contributed by atoms with Crippen LogP contribution in [0.5, 0.6) is 0 Å². The van der Waals surface area contributed by atoms with E-state index in [1.165, 1.54) is 18.4 Å². The van der Waals surface area contributed by atoms with E-state index in [2.05, 4.69) is 36.4 Å². The number of carbonyl (C=O) groups excluding carboxylic acids is 2. The fraction of sp³-hybridized carbons (Fsp3) is 0.577. The van der Waals surface area contributed by atoms with E-state index in [1.54, 1.807) is 0 Å². The number of rotatable bonds is 0. The summed E-state index contributed by atoms with van der Waals surface area (Å²) in [5, 5.41) is 0.668. The molecule has 4 aliphatic rings. The maximum atomic E-state index is 12.4. The Labute approximate surface area is 189 Å². The summed E-state index contributed by atoms with van der Waals surface area (Å²) < 4.78 is 0. The molecule has 0 amide bonds. The van der Waals surface area contributed by atoms with E-state index < -0.39 is 0 Å². The summed E-state index contributed by atoms with van der Waals surface area (Å²) in [6.45, 7) is 4.64. The van der Waals surface area contributed by atoms with Crippen LogP contribution in [0.3, 0.4) is 0 Å². The van der Waals surface area contributed by atoms with Crippen LogP contribution in [0.1, 0.15) is 65.2 Å². The third-order valence-electron chi connectivity index (χ3n) is 9.05. The molecule has 3 saturated carbocycles. The summed E-state index contributed by atoms with van der Waals surface area (Å²) in [7, 11) is 0. The van der Waals surface area contributed by atoms with Crippen molar-refractivity contribution in [2.45, 2.75) is 70.4 Å². The minimum atomic E-state index is -0.0246. The lowest BCUT2D eigenvalue weighted by Gasteiger charge is -2.56. The largest absolute Gasteiger partial charge is 0.333 e. The molecule has 1 aromatic heterocycles. The minimum absolute atomic E-state index is 0.0246. The van der Waals surface area contributed by atoms with Crippen molar-refractivity contribution in [2.75, 3.05) is 0 Å². The summed E-state index contributed by atoms with van der Waals surface area (Å²) >= 11 is 4.08. The number of nitrogens with zero attached hydrogens (tertiary/aromatic N) is 1. The van der Waals surface area contributed by atoms with Gasteiger partial charge in [-0.2, -0.15) is 0 Å². The molecule has 1 heterocycles. The first kappa shape index (κ1) is 21.0. The molecule has 0 unspecified atom stereocenters. The van der Waals surface area contributed by atoms with Crippen molar-refractivity contribution in [3.8, 4) is 0 Å². The second-order valence-corrected chi connectivity index (χ2v) is 10.9. The maximum Gasteiger partial charge on any atom is 0.163 e. The van der Waals surface area contributed by atoms with E-state index in [9.17, 15) is 9.59 Å². The van der Waals surface area contributed by atoms with Crippen LogP contribution in [-0.2, 0) is 9.59 Å². The summed E-state index contributed by atoms with van der Waals surface area (Å²) in [6.07, 6.45) is 10.2. The van der Waals surface area contributed by atoms with E-state index in [4.69, 9.17) is 0 Å². The minimum Gasteiger partial charge on any atom is -0.333 e. The van der Waals surface area contributed by atoms with Crippen molar-refractivity contribution in [1.29, 1.82) is 0 Å². The number of benzene rings is 1. The first-order valence-corrected chi connectivity index (χ1v) is 12.2. The van der Waals surface area contributed by atoms with Gasteiger partial charge in [-0.3, -0.25) is 9.59 Å². The maximum absolute atomic E-state index is 12.4. The van der Waals surface area contributed by atoms with E-state index in [0.29, 0.717) is 34.5 Å². The lowest BCUT2D eigenvalue weighted by molar-refractivity contribution is -0.132. The van der Waals surface area contributed by atoms with Gasteiger partial charge in [-0.1, -0.05) is 31.6 Å². The van der Waals surface area contributed by atoms with Crippen molar-refractivity contribution in [3.63, 3.8) is 0 Å². The molecule has 5 atom stereocenters. The standard InChI is InChI=1S/C19H26O2.C7H6N2S/c1-18-9-7-13(20)11-12(18)3-4-14-15-5-6-17(21)19(15,2)10-8-16(14)18;10-7-8-5-3-1-2-4-6(5)9-7/h11,14-16H,3-10H2,1-2H3;1-4H,(H2,8,9,10)/t14-,15-,16-,18-,19-;/m0./s1. The molecule has 4 nitrogen and oxygen atoms in total. The second kappa shape index (κ2) is 7.61. The number of fused-ring (bicyclic) bond motifs is 6. The van der Waals surface area contributed by atoms with E-state index >= 15 is 0 Å². The Balaban J connectivity index is 0.000000171. The van der Waals surface area contributed by atoms with Crippen molar-refractivity contribution in [1.82, 2.24) is 9.97 Å².